The molecule has 8 heteroatoms. The molecule has 0 radical (unpaired) electrons. The first-order chi connectivity index (χ1) is 9.82. The monoisotopic (exact) mass is 331 g/mol. The smallest absolute Gasteiger partial charge is 0.350 e. The Morgan fingerprint density at radius 2 is 2.19 bits per heavy atom. The van der Waals surface area contributed by atoms with E-state index in [1.54, 1.807) is 12.3 Å². The highest BCUT2D eigenvalue weighted by Crippen LogP contribution is 2.29. The second-order valence-corrected chi connectivity index (χ2v) is 8.24. The number of nitrogens with one attached hydrogen (secondary N) is 1. The van der Waals surface area contributed by atoms with Gasteiger partial charge in [0, 0.05) is 6.42 Å². The van der Waals surface area contributed by atoms with Crippen molar-refractivity contribution in [3.8, 4) is 0 Å². The molecule has 1 N–H and O–H groups in total. The molecule has 2 rings (SSSR count). The lowest BCUT2D eigenvalue weighted by Crippen LogP contribution is -2.19. The molecule has 0 aliphatic carbocycles. The lowest BCUT2D eigenvalue weighted by atomic mass is 10.0. The molecule has 0 bridgehead atoms. The Bertz CT molecular complexity index is 662. The van der Waals surface area contributed by atoms with Crippen LogP contribution in [0, 0.1) is 12.8 Å². The summed E-state index contributed by atoms with van der Waals surface area (Å²) in [6.45, 7) is 1.79. The number of amides is 1. The fourth-order valence-corrected chi connectivity index (χ4v) is 5.11. The summed E-state index contributed by atoms with van der Waals surface area (Å²) in [4.78, 5) is 24.0. The number of thiophene rings is 1. The second kappa shape index (κ2) is 6.15. The number of hydrogen-bond acceptors (Lipinski definition) is 6. The molecule has 1 saturated heterocycles. The zero-order valence-electron chi connectivity index (χ0n) is 11.8. The maximum atomic E-state index is 12.0. The van der Waals surface area contributed by atoms with Crippen LogP contribution in [0.4, 0.5) is 5.69 Å². The first-order valence-electron chi connectivity index (χ1n) is 6.49. The molecule has 0 saturated carbocycles. The number of carbonyl (C=O) groups is 2. The molecule has 1 aliphatic heterocycles. The van der Waals surface area contributed by atoms with E-state index in [-0.39, 0.29) is 29.8 Å². The fraction of sp³-hybridized carbons (Fsp3) is 0.538. The molecular weight excluding hydrogens is 314 g/mol. The topological polar surface area (TPSA) is 89.5 Å². The molecular formula is C13H17NO5S2. The van der Waals surface area contributed by atoms with Gasteiger partial charge in [-0.1, -0.05) is 0 Å². The molecule has 21 heavy (non-hydrogen) atoms. The predicted molar refractivity (Wildman–Crippen MR) is 80.4 cm³/mol. The van der Waals surface area contributed by atoms with Crippen molar-refractivity contribution in [3.05, 3.63) is 15.8 Å². The molecule has 1 amide bonds. The Labute approximate surface area is 127 Å². The van der Waals surface area contributed by atoms with Gasteiger partial charge in [0.25, 0.3) is 0 Å². The maximum Gasteiger partial charge on any atom is 0.350 e. The van der Waals surface area contributed by atoms with Crippen LogP contribution in [0.1, 0.15) is 28.1 Å². The van der Waals surface area contributed by atoms with Gasteiger partial charge in [-0.15, -0.1) is 11.3 Å². The summed E-state index contributed by atoms with van der Waals surface area (Å²) in [6, 6.07) is 0. The molecule has 116 valence electrons. The van der Waals surface area contributed by atoms with Gasteiger partial charge in [0.1, 0.15) is 4.88 Å². The van der Waals surface area contributed by atoms with Crippen molar-refractivity contribution in [1.29, 1.82) is 0 Å². The van der Waals surface area contributed by atoms with Crippen LogP contribution in [0.2, 0.25) is 0 Å². The van der Waals surface area contributed by atoms with Crippen LogP contribution < -0.4 is 5.32 Å². The van der Waals surface area contributed by atoms with Gasteiger partial charge in [-0.25, -0.2) is 13.2 Å². The molecule has 1 atom stereocenters. The molecule has 2 heterocycles. The minimum absolute atomic E-state index is 0.0624. The second-order valence-electron chi connectivity index (χ2n) is 5.14. The van der Waals surface area contributed by atoms with Gasteiger partial charge < -0.3 is 10.1 Å². The number of carbonyl (C=O) groups excluding carboxylic acids is 2. The Morgan fingerprint density at radius 1 is 1.48 bits per heavy atom. The highest BCUT2D eigenvalue weighted by atomic mass is 32.2. The van der Waals surface area contributed by atoms with E-state index in [0.717, 1.165) is 5.56 Å². The fourth-order valence-electron chi connectivity index (χ4n) is 2.33. The summed E-state index contributed by atoms with van der Waals surface area (Å²) >= 11 is 1.21. The first kappa shape index (κ1) is 16.0. The van der Waals surface area contributed by atoms with E-state index in [2.05, 4.69) is 10.1 Å². The highest BCUT2D eigenvalue weighted by Gasteiger charge is 2.30. The number of esters is 1. The van der Waals surface area contributed by atoms with Crippen LogP contribution in [0.5, 0.6) is 0 Å². The molecule has 1 aromatic rings. The lowest BCUT2D eigenvalue weighted by Gasteiger charge is -2.10. The summed E-state index contributed by atoms with van der Waals surface area (Å²) in [5.74, 6) is -0.700. The Morgan fingerprint density at radius 3 is 2.76 bits per heavy atom. The minimum Gasteiger partial charge on any atom is -0.465 e. The van der Waals surface area contributed by atoms with Crippen LogP contribution in [0.3, 0.4) is 0 Å². The quantitative estimate of drug-likeness (QED) is 0.847. The molecule has 1 unspecified atom stereocenters. The van der Waals surface area contributed by atoms with Gasteiger partial charge >= 0.3 is 5.97 Å². The van der Waals surface area contributed by atoms with Crippen molar-refractivity contribution >= 4 is 38.7 Å². The Balaban J connectivity index is 2.03. The van der Waals surface area contributed by atoms with Crippen molar-refractivity contribution in [3.63, 3.8) is 0 Å². The third kappa shape index (κ3) is 3.82. The van der Waals surface area contributed by atoms with E-state index in [1.165, 1.54) is 18.4 Å². The van der Waals surface area contributed by atoms with Gasteiger partial charge in [0.2, 0.25) is 5.91 Å². The average Bonchev–Trinajstić information content (AvgIpc) is 2.92. The average molecular weight is 331 g/mol. The number of hydrogen-bond donors (Lipinski definition) is 1. The molecule has 1 aromatic heterocycles. The van der Waals surface area contributed by atoms with Crippen LogP contribution >= 0.6 is 11.3 Å². The van der Waals surface area contributed by atoms with Crippen molar-refractivity contribution < 1.29 is 22.7 Å². The number of methoxy groups -OCH3 is 1. The van der Waals surface area contributed by atoms with Gasteiger partial charge in [-0.2, -0.15) is 0 Å². The van der Waals surface area contributed by atoms with E-state index in [4.69, 9.17) is 0 Å². The van der Waals surface area contributed by atoms with Gasteiger partial charge in [-0.3, -0.25) is 4.79 Å². The zero-order chi connectivity index (χ0) is 15.6. The first-order valence-corrected chi connectivity index (χ1v) is 9.19. The largest absolute Gasteiger partial charge is 0.465 e. The Hall–Kier alpha value is -1.41. The SMILES string of the molecule is COC(=O)c1scc(C)c1NC(=O)CC1CCS(=O)(=O)C1. The highest BCUT2D eigenvalue weighted by molar-refractivity contribution is 7.91. The molecule has 1 aliphatic rings. The normalized spacial score (nSPS) is 20.2. The summed E-state index contributed by atoms with van der Waals surface area (Å²) in [5, 5.41) is 4.47. The van der Waals surface area contributed by atoms with E-state index in [9.17, 15) is 18.0 Å². The summed E-state index contributed by atoms with van der Waals surface area (Å²) in [6.07, 6.45) is 0.664. The van der Waals surface area contributed by atoms with Crippen molar-refractivity contribution in [2.24, 2.45) is 5.92 Å². The number of ether oxygens (including phenoxy) is 1. The third-order valence-electron chi connectivity index (χ3n) is 3.41. The summed E-state index contributed by atoms with van der Waals surface area (Å²) in [7, 11) is -1.70. The van der Waals surface area contributed by atoms with E-state index in [1.807, 2.05) is 0 Å². The van der Waals surface area contributed by atoms with Crippen molar-refractivity contribution in [1.82, 2.24) is 0 Å². The molecule has 0 spiro atoms. The lowest BCUT2D eigenvalue weighted by molar-refractivity contribution is -0.116. The third-order valence-corrected chi connectivity index (χ3v) is 6.33. The predicted octanol–water partition coefficient (Wildman–Crippen LogP) is 1.61. The zero-order valence-corrected chi connectivity index (χ0v) is 13.5. The standard InChI is InChI=1S/C13H17NO5S2/c1-8-6-20-12(13(16)19-2)11(8)14-10(15)5-9-3-4-21(17,18)7-9/h6,9H,3-5,7H2,1-2H3,(H,14,15). The Kier molecular flexibility index (Phi) is 4.67. The number of aryl methyl sites for hydroxylation is 1. The molecule has 1 fully saturated rings. The van der Waals surface area contributed by atoms with Crippen LogP contribution in [0.15, 0.2) is 5.38 Å². The maximum absolute atomic E-state index is 12.0. The van der Waals surface area contributed by atoms with E-state index >= 15 is 0 Å². The number of anilines is 1. The summed E-state index contributed by atoms with van der Waals surface area (Å²) in [5.41, 5.74) is 1.24. The van der Waals surface area contributed by atoms with Gasteiger partial charge in [0.05, 0.1) is 24.3 Å². The minimum atomic E-state index is -2.99. The van der Waals surface area contributed by atoms with Crippen LogP contribution in [-0.4, -0.2) is 38.9 Å². The van der Waals surface area contributed by atoms with Crippen molar-refractivity contribution in [2.45, 2.75) is 19.8 Å². The van der Waals surface area contributed by atoms with Gasteiger partial charge in [-0.05, 0) is 30.2 Å². The van der Waals surface area contributed by atoms with Crippen LogP contribution in [-0.2, 0) is 19.4 Å². The van der Waals surface area contributed by atoms with E-state index in [0.29, 0.717) is 17.0 Å². The molecule has 0 aromatic carbocycles. The summed E-state index contributed by atoms with van der Waals surface area (Å²) < 4.78 is 27.4. The molecule has 6 nitrogen and oxygen atoms in total. The van der Waals surface area contributed by atoms with Crippen LogP contribution in [0.25, 0.3) is 0 Å². The number of rotatable bonds is 4. The van der Waals surface area contributed by atoms with Crippen molar-refractivity contribution in [2.75, 3.05) is 23.9 Å². The van der Waals surface area contributed by atoms with E-state index < -0.39 is 15.8 Å². The number of sulfone groups is 1. The van der Waals surface area contributed by atoms with Gasteiger partial charge in [0.15, 0.2) is 9.84 Å².